The van der Waals surface area contributed by atoms with Gasteiger partial charge in [0.25, 0.3) is 0 Å². The van der Waals surface area contributed by atoms with Crippen LogP contribution in [0.25, 0.3) is 11.3 Å². The van der Waals surface area contributed by atoms with Crippen LogP contribution in [0.5, 0.6) is 0 Å². The number of nitrogens with one attached hydrogen (secondary N) is 1. The van der Waals surface area contributed by atoms with E-state index in [0.717, 1.165) is 11.3 Å². The fraction of sp³-hybridized carbons (Fsp3) is 0.357. The van der Waals surface area contributed by atoms with E-state index in [-0.39, 0.29) is 6.61 Å². The fourth-order valence-electron chi connectivity index (χ4n) is 1.81. The van der Waals surface area contributed by atoms with Crippen LogP contribution < -0.4 is 5.73 Å². The molecule has 2 aromatic rings. The maximum Gasteiger partial charge on any atom is 0.125 e. The zero-order valence-corrected chi connectivity index (χ0v) is 10.7. The maximum absolute atomic E-state index is 8.98. The zero-order chi connectivity index (χ0) is 13.1. The molecule has 1 unspecified atom stereocenters. The van der Waals surface area contributed by atoms with Gasteiger partial charge in [0.2, 0.25) is 0 Å². The SMILES string of the molecule is CC(C)c1ccc(-c2cnc(C(N)CO)[nH]2)cc1. The van der Waals surface area contributed by atoms with Gasteiger partial charge in [0.05, 0.1) is 24.5 Å². The number of aliphatic hydroxyl groups excluding tert-OH is 1. The highest BCUT2D eigenvalue weighted by Gasteiger charge is 2.09. The molecule has 0 radical (unpaired) electrons. The Hall–Kier alpha value is -1.65. The monoisotopic (exact) mass is 245 g/mol. The van der Waals surface area contributed by atoms with Gasteiger partial charge >= 0.3 is 0 Å². The Morgan fingerprint density at radius 1 is 1.28 bits per heavy atom. The van der Waals surface area contributed by atoms with Gasteiger partial charge in [-0.2, -0.15) is 0 Å². The molecule has 18 heavy (non-hydrogen) atoms. The molecule has 1 aromatic carbocycles. The van der Waals surface area contributed by atoms with Crippen molar-refractivity contribution in [3.05, 3.63) is 41.9 Å². The van der Waals surface area contributed by atoms with Crippen LogP contribution in [0.2, 0.25) is 0 Å². The summed E-state index contributed by atoms with van der Waals surface area (Å²) in [6, 6.07) is 7.92. The fourth-order valence-corrected chi connectivity index (χ4v) is 1.81. The van der Waals surface area contributed by atoms with Crippen LogP contribution in [0.1, 0.15) is 37.2 Å². The number of rotatable bonds is 4. The van der Waals surface area contributed by atoms with E-state index >= 15 is 0 Å². The first-order chi connectivity index (χ1) is 8.61. The van der Waals surface area contributed by atoms with Crippen LogP contribution in [0, 0.1) is 0 Å². The number of nitrogens with two attached hydrogens (primary N) is 1. The van der Waals surface area contributed by atoms with Crippen molar-refractivity contribution in [3.8, 4) is 11.3 Å². The molecule has 0 fully saturated rings. The van der Waals surface area contributed by atoms with E-state index in [9.17, 15) is 0 Å². The smallest absolute Gasteiger partial charge is 0.125 e. The summed E-state index contributed by atoms with van der Waals surface area (Å²) in [6.45, 7) is 4.23. The summed E-state index contributed by atoms with van der Waals surface area (Å²) in [7, 11) is 0. The highest BCUT2D eigenvalue weighted by molar-refractivity contribution is 5.59. The molecular formula is C14H19N3O. The van der Waals surface area contributed by atoms with Crippen molar-refractivity contribution in [1.29, 1.82) is 0 Å². The summed E-state index contributed by atoms with van der Waals surface area (Å²) >= 11 is 0. The second-order valence-electron chi connectivity index (χ2n) is 4.75. The lowest BCUT2D eigenvalue weighted by molar-refractivity contribution is 0.264. The van der Waals surface area contributed by atoms with Gasteiger partial charge in [-0.05, 0) is 17.0 Å². The first-order valence-corrected chi connectivity index (χ1v) is 6.13. The highest BCUT2D eigenvalue weighted by atomic mass is 16.3. The molecule has 4 heteroatoms. The first kappa shape index (κ1) is 12.8. The molecule has 0 amide bonds. The first-order valence-electron chi connectivity index (χ1n) is 6.13. The molecule has 0 aliphatic heterocycles. The van der Waals surface area contributed by atoms with Crippen LogP contribution in [-0.4, -0.2) is 21.7 Å². The largest absolute Gasteiger partial charge is 0.394 e. The summed E-state index contributed by atoms with van der Waals surface area (Å²) in [5.41, 5.74) is 9.01. The number of imidazole rings is 1. The number of aromatic amines is 1. The Morgan fingerprint density at radius 3 is 2.50 bits per heavy atom. The molecule has 4 N–H and O–H groups in total. The molecule has 0 bridgehead atoms. The van der Waals surface area contributed by atoms with Gasteiger partial charge in [-0.3, -0.25) is 0 Å². The molecular weight excluding hydrogens is 226 g/mol. The number of aliphatic hydroxyl groups is 1. The molecule has 1 atom stereocenters. The Bertz CT molecular complexity index is 502. The quantitative estimate of drug-likeness (QED) is 0.773. The topological polar surface area (TPSA) is 74.9 Å². The summed E-state index contributed by atoms with van der Waals surface area (Å²) in [5, 5.41) is 8.98. The van der Waals surface area contributed by atoms with E-state index in [1.807, 2.05) is 0 Å². The Balaban J connectivity index is 2.23. The Labute approximate surface area is 107 Å². The van der Waals surface area contributed by atoms with Gasteiger partial charge in [0, 0.05) is 0 Å². The maximum atomic E-state index is 8.98. The molecule has 2 rings (SSSR count). The molecule has 0 spiro atoms. The minimum atomic E-state index is -0.450. The molecule has 0 saturated heterocycles. The number of hydrogen-bond donors (Lipinski definition) is 3. The average Bonchev–Trinajstić information content (AvgIpc) is 2.87. The van der Waals surface area contributed by atoms with Crippen molar-refractivity contribution < 1.29 is 5.11 Å². The molecule has 0 saturated carbocycles. The van der Waals surface area contributed by atoms with Crippen molar-refractivity contribution in [1.82, 2.24) is 9.97 Å². The predicted molar refractivity (Wildman–Crippen MR) is 72.1 cm³/mol. The number of nitrogens with zero attached hydrogens (tertiary/aromatic N) is 1. The highest BCUT2D eigenvalue weighted by Crippen LogP contribution is 2.22. The van der Waals surface area contributed by atoms with E-state index < -0.39 is 6.04 Å². The summed E-state index contributed by atoms with van der Waals surface area (Å²) in [4.78, 5) is 7.31. The van der Waals surface area contributed by atoms with Gasteiger partial charge in [0.1, 0.15) is 5.82 Å². The Kier molecular flexibility index (Phi) is 3.79. The van der Waals surface area contributed by atoms with E-state index in [1.165, 1.54) is 5.56 Å². The molecule has 96 valence electrons. The summed E-state index contributed by atoms with van der Waals surface area (Å²) in [5.74, 6) is 1.14. The van der Waals surface area contributed by atoms with Gasteiger partial charge < -0.3 is 15.8 Å². The number of aromatic nitrogens is 2. The van der Waals surface area contributed by atoms with E-state index in [2.05, 4.69) is 48.1 Å². The molecule has 1 heterocycles. The normalized spacial score (nSPS) is 12.9. The third kappa shape index (κ3) is 2.60. The third-order valence-corrected chi connectivity index (χ3v) is 3.03. The van der Waals surface area contributed by atoms with Gasteiger partial charge in [0.15, 0.2) is 0 Å². The van der Waals surface area contributed by atoms with Crippen LogP contribution in [0.4, 0.5) is 0 Å². The minimum absolute atomic E-state index is 0.112. The van der Waals surface area contributed by atoms with Gasteiger partial charge in [-0.25, -0.2) is 4.98 Å². The van der Waals surface area contributed by atoms with E-state index in [4.69, 9.17) is 10.8 Å². The van der Waals surface area contributed by atoms with E-state index in [0.29, 0.717) is 11.7 Å². The van der Waals surface area contributed by atoms with Crippen molar-refractivity contribution in [2.45, 2.75) is 25.8 Å². The second kappa shape index (κ2) is 5.33. The second-order valence-corrected chi connectivity index (χ2v) is 4.75. The summed E-state index contributed by atoms with van der Waals surface area (Å²) in [6.07, 6.45) is 1.75. The van der Waals surface area contributed by atoms with Crippen LogP contribution >= 0.6 is 0 Å². The molecule has 0 aliphatic carbocycles. The van der Waals surface area contributed by atoms with Crippen molar-refractivity contribution in [3.63, 3.8) is 0 Å². The third-order valence-electron chi connectivity index (χ3n) is 3.03. The van der Waals surface area contributed by atoms with Gasteiger partial charge in [-0.1, -0.05) is 38.1 Å². The molecule has 4 nitrogen and oxygen atoms in total. The van der Waals surface area contributed by atoms with E-state index in [1.54, 1.807) is 6.20 Å². The lowest BCUT2D eigenvalue weighted by Gasteiger charge is -2.06. The van der Waals surface area contributed by atoms with Gasteiger partial charge in [-0.15, -0.1) is 0 Å². The van der Waals surface area contributed by atoms with Crippen molar-refractivity contribution in [2.24, 2.45) is 5.73 Å². The summed E-state index contributed by atoms with van der Waals surface area (Å²) < 4.78 is 0. The number of H-pyrrole nitrogens is 1. The van der Waals surface area contributed by atoms with Crippen molar-refractivity contribution in [2.75, 3.05) is 6.61 Å². The predicted octanol–water partition coefficient (Wildman–Crippen LogP) is 2.19. The minimum Gasteiger partial charge on any atom is -0.394 e. The van der Waals surface area contributed by atoms with Crippen LogP contribution in [-0.2, 0) is 0 Å². The lowest BCUT2D eigenvalue weighted by Crippen LogP contribution is -2.15. The zero-order valence-electron chi connectivity index (χ0n) is 10.7. The number of benzene rings is 1. The standard InChI is InChI=1S/C14H19N3O/c1-9(2)10-3-5-11(6-4-10)13-7-16-14(17-13)12(15)8-18/h3-7,9,12,18H,8,15H2,1-2H3,(H,16,17). The molecule has 0 aliphatic rings. The van der Waals surface area contributed by atoms with Crippen LogP contribution in [0.3, 0.4) is 0 Å². The van der Waals surface area contributed by atoms with Crippen LogP contribution in [0.15, 0.2) is 30.5 Å². The number of hydrogen-bond acceptors (Lipinski definition) is 3. The van der Waals surface area contributed by atoms with Crippen molar-refractivity contribution >= 4 is 0 Å². The lowest BCUT2D eigenvalue weighted by atomic mass is 10.0. The average molecular weight is 245 g/mol. The Morgan fingerprint density at radius 2 is 1.94 bits per heavy atom. The molecule has 1 aromatic heterocycles.